The van der Waals surface area contributed by atoms with Crippen molar-refractivity contribution in [2.45, 2.75) is 45.4 Å². The summed E-state index contributed by atoms with van der Waals surface area (Å²) in [5.74, 6) is 1.62. The molecule has 5 nitrogen and oxygen atoms in total. The highest BCUT2D eigenvalue weighted by molar-refractivity contribution is 5.33. The molecule has 0 amide bonds. The highest BCUT2D eigenvalue weighted by atomic mass is 16.1. The molecular weight excluding hydrogens is 228 g/mol. The number of hydrogen-bond donors (Lipinski definition) is 3. The third-order valence-electron chi connectivity index (χ3n) is 2.74. The number of unbranched alkanes of at least 4 members (excludes halogenated alkanes) is 3. The molecule has 0 bridgehead atoms. The predicted molar refractivity (Wildman–Crippen MR) is 75.0 cm³/mol. The number of rotatable bonds is 8. The summed E-state index contributed by atoms with van der Waals surface area (Å²) in [7, 11) is 0. The minimum Gasteiger partial charge on any atom is -0.370 e. The second kappa shape index (κ2) is 7.87. The predicted octanol–water partition coefficient (Wildman–Crippen LogP) is 1.82. The van der Waals surface area contributed by atoms with Gasteiger partial charge in [-0.1, -0.05) is 26.7 Å². The Kier molecular flexibility index (Phi) is 6.43. The van der Waals surface area contributed by atoms with E-state index in [1.54, 1.807) is 0 Å². The summed E-state index contributed by atoms with van der Waals surface area (Å²) >= 11 is 0. The fourth-order valence-electron chi connectivity index (χ4n) is 1.68. The molecule has 1 heterocycles. The minimum absolute atomic E-state index is 0.0978. The first-order valence-corrected chi connectivity index (χ1v) is 6.68. The van der Waals surface area contributed by atoms with Crippen LogP contribution in [0.1, 0.15) is 51.3 Å². The molecule has 5 heteroatoms. The molecule has 1 aromatic heterocycles. The molecule has 4 N–H and O–H groups in total. The molecule has 0 spiro atoms. The van der Waals surface area contributed by atoms with Crippen LogP contribution in [0.25, 0.3) is 0 Å². The maximum absolute atomic E-state index is 11.4. The van der Waals surface area contributed by atoms with Gasteiger partial charge in [0.15, 0.2) is 0 Å². The molecule has 1 rings (SSSR count). The Morgan fingerprint density at radius 3 is 2.72 bits per heavy atom. The van der Waals surface area contributed by atoms with Gasteiger partial charge >= 0.3 is 0 Å². The molecule has 0 unspecified atom stereocenters. The van der Waals surface area contributed by atoms with Crippen LogP contribution in [-0.2, 0) is 0 Å². The van der Waals surface area contributed by atoms with Crippen molar-refractivity contribution in [3.05, 3.63) is 22.2 Å². The van der Waals surface area contributed by atoms with Gasteiger partial charge in [-0.3, -0.25) is 4.79 Å². The number of nitrogens with one attached hydrogen (secondary N) is 2. The highest BCUT2D eigenvalue weighted by Gasteiger charge is 2.04. The Hall–Kier alpha value is -1.36. The van der Waals surface area contributed by atoms with E-state index in [1.165, 1.54) is 6.07 Å². The maximum Gasteiger partial charge on any atom is 0.252 e. The molecule has 0 aliphatic heterocycles. The third-order valence-corrected chi connectivity index (χ3v) is 2.74. The number of nitrogens with zero attached hydrogens (tertiary/aromatic N) is 1. The van der Waals surface area contributed by atoms with E-state index < -0.39 is 0 Å². The smallest absolute Gasteiger partial charge is 0.252 e. The number of nitrogens with two attached hydrogens (primary N) is 1. The average molecular weight is 252 g/mol. The molecule has 0 atom stereocenters. The minimum atomic E-state index is -0.0978. The Labute approximate surface area is 108 Å². The van der Waals surface area contributed by atoms with Crippen LogP contribution in [0.15, 0.2) is 10.9 Å². The lowest BCUT2D eigenvalue weighted by molar-refractivity contribution is 0.660. The first-order valence-electron chi connectivity index (χ1n) is 6.68. The van der Waals surface area contributed by atoms with Crippen molar-refractivity contribution >= 4 is 5.82 Å². The van der Waals surface area contributed by atoms with Gasteiger partial charge in [0.1, 0.15) is 11.6 Å². The number of anilines is 1. The fraction of sp³-hybridized carbons (Fsp3) is 0.692. The molecule has 0 aromatic carbocycles. The van der Waals surface area contributed by atoms with Crippen molar-refractivity contribution in [3.8, 4) is 0 Å². The SMILES string of the molecule is CC(C)c1nc(NCCCCCCN)cc(=O)[nH]1. The zero-order valence-corrected chi connectivity index (χ0v) is 11.3. The highest BCUT2D eigenvalue weighted by Crippen LogP contribution is 2.09. The molecule has 18 heavy (non-hydrogen) atoms. The Morgan fingerprint density at radius 2 is 2.06 bits per heavy atom. The second-order valence-corrected chi connectivity index (χ2v) is 4.80. The number of hydrogen-bond acceptors (Lipinski definition) is 4. The molecule has 0 saturated heterocycles. The zero-order valence-electron chi connectivity index (χ0n) is 11.3. The quantitative estimate of drug-likeness (QED) is 0.616. The number of aromatic amines is 1. The Morgan fingerprint density at radius 1 is 1.33 bits per heavy atom. The fourth-order valence-corrected chi connectivity index (χ4v) is 1.68. The van der Waals surface area contributed by atoms with Gasteiger partial charge in [-0.15, -0.1) is 0 Å². The lowest BCUT2D eigenvalue weighted by Gasteiger charge is -2.08. The Bertz CT molecular complexity index is 400. The summed E-state index contributed by atoms with van der Waals surface area (Å²) in [6.07, 6.45) is 4.48. The van der Waals surface area contributed by atoms with E-state index in [-0.39, 0.29) is 11.5 Å². The van der Waals surface area contributed by atoms with Crippen molar-refractivity contribution in [2.24, 2.45) is 5.73 Å². The van der Waals surface area contributed by atoms with Crippen molar-refractivity contribution in [2.75, 3.05) is 18.4 Å². The normalized spacial score (nSPS) is 10.9. The van der Waals surface area contributed by atoms with E-state index in [9.17, 15) is 4.79 Å². The summed E-state index contributed by atoms with van der Waals surface area (Å²) in [5, 5.41) is 3.20. The van der Waals surface area contributed by atoms with Gasteiger partial charge in [0.25, 0.3) is 5.56 Å². The van der Waals surface area contributed by atoms with Crippen LogP contribution in [0.3, 0.4) is 0 Å². The van der Waals surface area contributed by atoms with Gasteiger partial charge in [-0.2, -0.15) is 0 Å². The molecule has 0 aliphatic rings. The van der Waals surface area contributed by atoms with E-state index in [1.807, 2.05) is 13.8 Å². The molecule has 0 saturated carbocycles. The van der Waals surface area contributed by atoms with Crippen molar-refractivity contribution < 1.29 is 0 Å². The number of aromatic nitrogens is 2. The van der Waals surface area contributed by atoms with E-state index in [2.05, 4.69) is 15.3 Å². The summed E-state index contributed by atoms with van der Waals surface area (Å²) in [6.45, 7) is 5.63. The first-order chi connectivity index (χ1) is 8.63. The second-order valence-electron chi connectivity index (χ2n) is 4.80. The topological polar surface area (TPSA) is 83.8 Å². The van der Waals surface area contributed by atoms with Crippen LogP contribution in [0, 0.1) is 0 Å². The lowest BCUT2D eigenvalue weighted by Crippen LogP contribution is -2.15. The summed E-state index contributed by atoms with van der Waals surface area (Å²) in [5.41, 5.74) is 5.33. The molecule has 0 fully saturated rings. The molecule has 102 valence electrons. The molecule has 0 radical (unpaired) electrons. The first kappa shape index (κ1) is 14.7. The van der Waals surface area contributed by atoms with Crippen LogP contribution in [0.5, 0.6) is 0 Å². The van der Waals surface area contributed by atoms with Crippen molar-refractivity contribution in [3.63, 3.8) is 0 Å². The van der Waals surface area contributed by atoms with Crippen LogP contribution in [0.2, 0.25) is 0 Å². The summed E-state index contributed by atoms with van der Waals surface area (Å²) in [6, 6.07) is 1.51. The van der Waals surface area contributed by atoms with E-state index in [0.717, 1.165) is 44.6 Å². The van der Waals surface area contributed by atoms with Gasteiger partial charge in [0.05, 0.1) is 0 Å². The lowest BCUT2D eigenvalue weighted by atomic mass is 10.2. The standard InChI is InChI=1S/C13H24N4O/c1-10(2)13-16-11(9-12(18)17-13)15-8-6-4-3-5-7-14/h9-10H,3-8,14H2,1-2H3,(H2,15,16,17,18). The van der Waals surface area contributed by atoms with Crippen LogP contribution >= 0.6 is 0 Å². The van der Waals surface area contributed by atoms with Gasteiger partial charge in [-0.05, 0) is 19.4 Å². The van der Waals surface area contributed by atoms with E-state index >= 15 is 0 Å². The van der Waals surface area contributed by atoms with Crippen molar-refractivity contribution in [1.82, 2.24) is 9.97 Å². The third kappa shape index (κ3) is 5.31. The van der Waals surface area contributed by atoms with Gasteiger partial charge < -0.3 is 16.0 Å². The molecule has 0 aliphatic carbocycles. The van der Waals surface area contributed by atoms with E-state index in [4.69, 9.17) is 5.73 Å². The van der Waals surface area contributed by atoms with E-state index in [0.29, 0.717) is 5.82 Å². The molecular formula is C13H24N4O. The summed E-state index contributed by atoms with van der Waals surface area (Å²) in [4.78, 5) is 18.6. The average Bonchev–Trinajstić information content (AvgIpc) is 2.33. The van der Waals surface area contributed by atoms with Gasteiger partial charge in [0, 0.05) is 18.5 Å². The van der Waals surface area contributed by atoms with Crippen LogP contribution < -0.4 is 16.6 Å². The van der Waals surface area contributed by atoms with Crippen molar-refractivity contribution in [1.29, 1.82) is 0 Å². The van der Waals surface area contributed by atoms with Gasteiger partial charge in [0.2, 0.25) is 0 Å². The largest absolute Gasteiger partial charge is 0.370 e. The monoisotopic (exact) mass is 252 g/mol. The maximum atomic E-state index is 11.4. The summed E-state index contributed by atoms with van der Waals surface area (Å²) < 4.78 is 0. The number of H-pyrrole nitrogens is 1. The Balaban J connectivity index is 2.40. The van der Waals surface area contributed by atoms with Crippen LogP contribution in [0.4, 0.5) is 5.82 Å². The zero-order chi connectivity index (χ0) is 13.4. The van der Waals surface area contributed by atoms with Gasteiger partial charge in [-0.25, -0.2) is 4.98 Å². The molecule has 1 aromatic rings. The van der Waals surface area contributed by atoms with Crippen LogP contribution in [-0.4, -0.2) is 23.1 Å².